The summed E-state index contributed by atoms with van der Waals surface area (Å²) in [5.74, 6) is 0.527. The second-order valence-corrected chi connectivity index (χ2v) is 7.31. The van der Waals surface area contributed by atoms with Crippen molar-refractivity contribution >= 4 is 10.2 Å². The van der Waals surface area contributed by atoms with Crippen LogP contribution in [0, 0.1) is 5.92 Å². The summed E-state index contributed by atoms with van der Waals surface area (Å²) < 4.78 is 28.6. The van der Waals surface area contributed by atoms with E-state index in [9.17, 15) is 8.42 Å². The normalized spacial score (nSPS) is 32.6. The Labute approximate surface area is 111 Å². The molecule has 2 fully saturated rings. The van der Waals surface area contributed by atoms with Crippen molar-refractivity contribution in [1.29, 1.82) is 0 Å². The fourth-order valence-corrected chi connectivity index (χ4v) is 4.72. The summed E-state index contributed by atoms with van der Waals surface area (Å²) >= 11 is 0. The van der Waals surface area contributed by atoms with Crippen LogP contribution in [0.1, 0.15) is 33.1 Å². The molecule has 0 aromatic carbocycles. The van der Waals surface area contributed by atoms with Crippen LogP contribution in [0.15, 0.2) is 0 Å². The Bertz CT molecular complexity index is 366. The van der Waals surface area contributed by atoms with Crippen molar-refractivity contribution in [2.75, 3.05) is 32.7 Å². The number of nitrogens with one attached hydrogen (secondary N) is 1. The summed E-state index contributed by atoms with van der Waals surface area (Å²) in [6.45, 7) is 7.60. The monoisotopic (exact) mass is 275 g/mol. The van der Waals surface area contributed by atoms with Crippen LogP contribution >= 0.6 is 0 Å². The minimum Gasteiger partial charge on any atom is -0.314 e. The molecule has 0 saturated carbocycles. The van der Waals surface area contributed by atoms with E-state index in [-0.39, 0.29) is 6.04 Å². The summed E-state index contributed by atoms with van der Waals surface area (Å²) in [6, 6.07) is 0.146. The molecule has 2 aliphatic rings. The lowest BCUT2D eigenvalue weighted by Crippen LogP contribution is -2.55. The van der Waals surface area contributed by atoms with Crippen LogP contribution in [0.4, 0.5) is 0 Å². The molecule has 0 aromatic rings. The van der Waals surface area contributed by atoms with Crippen molar-refractivity contribution in [3.8, 4) is 0 Å². The fourth-order valence-electron chi connectivity index (χ4n) is 2.82. The van der Waals surface area contributed by atoms with Crippen LogP contribution in [0.2, 0.25) is 0 Å². The average molecular weight is 275 g/mol. The first-order valence-corrected chi connectivity index (χ1v) is 8.43. The molecule has 0 radical (unpaired) electrons. The zero-order valence-electron chi connectivity index (χ0n) is 11.4. The minimum absolute atomic E-state index is 0.146. The molecule has 18 heavy (non-hydrogen) atoms. The smallest absolute Gasteiger partial charge is 0.282 e. The maximum Gasteiger partial charge on any atom is 0.282 e. The highest BCUT2D eigenvalue weighted by Gasteiger charge is 2.37. The van der Waals surface area contributed by atoms with E-state index < -0.39 is 10.2 Å². The molecule has 2 rings (SSSR count). The van der Waals surface area contributed by atoms with E-state index in [4.69, 9.17) is 0 Å². The molecule has 2 saturated heterocycles. The Morgan fingerprint density at radius 2 is 1.89 bits per heavy atom. The Morgan fingerprint density at radius 3 is 2.50 bits per heavy atom. The summed E-state index contributed by atoms with van der Waals surface area (Å²) in [5.41, 5.74) is 0. The van der Waals surface area contributed by atoms with Crippen LogP contribution in [0.25, 0.3) is 0 Å². The molecule has 0 amide bonds. The van der Waals surface area contributed by atoms with Crippen LogP contribution in [-0.4, -0.2) is 55.8 Å². The van der Waals surface area contributed by atoms with Gasteiger partial charge < -0.3 is 5.32 Å². The lowest BCUT2D eigenvalue weighted by molar-refractivity contribution is 0.187. The van der Waals surface area contributed by atoms with Gasteiger partial charge in [-0.15, -0.1) is 0 Å². The maximum atomic E-state index is 12.6. The molecule has 106 valence electrons. The van der Waals surface area contributed by atoms with E-state index in [0.29, 0.717) is 25.6 Å². The number of hydrogen-bond donors (Lipinski definition) is 1. The van der Waals surface area contributed by atoms with E-state index in [1.165, 1.54) is 0 Å². The van der Waals surface area contributed by atoms with Crippen molar-refractivity contribution in [2.45, 2.75) is 39.2 Å². The Balaban J connectivity index is 2.11. The van der Waals surface area contributed by atoms with Gasteiger partial charge >= 0.3 is 0 Å². The first-order chi connectivity index (χ1) is 8.55. The quantitative estimate of drug-likeness (QED) is 0.823. The van der Waals surface area contributed by atoms with Gasteiger partial charge in [-0.2, -0.15) is 17.0 Å². The topological polar surface area (TPSA) is 52.7 Å². The van der Waals surface area contributed by atoms with Crippen LogP contribution in [-0.2, 0) is 10.2 Å². The fraction of sp³-hybridized carbons (Fsp3) is 1.00. The average Bonchev–Trinajstić information content (AvgIpc) is 2.40. The summed E-state index contributed by atoms with van der Waals surface area (Å²) in [7, 11) is -3.25. The summed E-state index contributed by atoms with van der Waals surface area (Å²) in [5, 5.41) is 3.20. The second-order valence-electron chi connectivity index (χ2n) is 5.43. The molecule has 0 aromatic heterocycles. The number of piperidine rings is 1. The Hall–Kier alpha value is -0.170. The second kappa shape index (κ2) is 5.86. The number of hydrogen-bond acceptors (Lipinski definition) is 3. The highest BCUT2D eigenvalue weighted by atomic mass is 32.2. The van der Waals surface area contributed by atoms with Gasteiger partial charge in [-0.05, 0) is 25.7 Å². The van der Waals surface area contributed by atoms with E-state index in [1.54, 1.807) is 8.61 Å². The van der Waals surface area contributed by atoms with E-state index in [2.05, 4.69) is 12.2 Å². The largest absolute Gasteiger partial charge is 0.314 e. The maximum absolute atomic E-state index is 12.6. The van der Waals surface area contributed by atoms with Gasteiger partial charge in [-0.1, -0.05) is 13.3 Å². The molecule has 2 unspecified atom stereocenters. The third kappa shape index (κ3) is 2.87. The van der Waals surface area contributed by atoms with Crippen molar-refractivity contribution < 1.29 is 8.42 Å². The standard InChI is InChI=1S/C12H25N3O2S/c1-3-12-5-4-11(2)15(10-12)18(16,17)14-8-6-13-7-9-14/h11-13H,3-10H2,1-2H3. The van der Waals surface area contributed by atoms with Crippen LogP contribution < -0.4 is 5.32 Å². The van der Waals surface area contributed by atoms with Gasteiger partial charge in [0.25, 0.3) is 10.2 Å². The van der Waals surface area contributed by atoms with Gasteiger partial charge in [0.2, 0.25) is 0 Å². The number of rotatable bonds is 3. The Kier molecular flexibility index (Phi) is 4.64. The van der Waals surface area contributed by atoms with Gasteiger partial charge in [-0.3, -0.25) is 0 Å². The molecule has 5 nitrogen and oxygen atoms in total. The SMILES string of the molecule is CCC1CCC(C)N(S(=O)(=O)N2CCNCC2)C1. The lowest BCUT2D eigenvalue weighted by atomic mass is 9.93. The lowest BCUT2D eigenvalue weighted by Gasteiger charge is -2.40. The molecule has 0 spiro atoms. The van der Waals surface area contributed by atoms with Gasteiger partial charge in [0, 0.05) is 38.8 Å². The van der Waals surface area contributed by atoms with Gasteiger partial charge in [0.1, 0.15) is 0 Å². The summed E-state index contributed by atoms with van der Waals surface area (Å²) in [4.78, 5) is 0. The first kappa shape index (κ1) is 14.2. The van der Waals surface area contributed by atoms with E-state index in [0.717, 1.165) is 32.4 Å². The van der Waals surface area contributed by atoms with Crippen LogP contribution in [0.5, 0.6) is 0 Å². The molecule has 0 bridgehead atoms. The predicted molar refractivity (Wildman–Crippen MR) is 72.5 cm³/mol. The molecular formula is C12H25N3O2S. The van der Waals surface area contributed by atoms with E-state index >= 15 is 0 Å². The highest BCUT2D eigenvalue weighted by molar-refractivity contribution is 7.86. The van der Waals surface area contributed by atoms with Crippen LogP contribution in [0.3, 0.4) is 0 Å². The van der Waals surface area contributed by atoms with Gasteiger partial charge in [0.05, 0.1) is 0 Å². The minimum atomic E-state index is -3.25. The molecule has 6 heteroatoms. The molecule has 2 aliphatic heterocycles. The predicted octanol–water partition coefficient (Wildman–Crippen LogP) is 0.647. The molecule has 1 N–H and O–H groups in total. The van der Waals surface area contributed by atoms with Crippen molar-refractivity contribution in [2.24, 2.45) is 5.92 Å². The van der Waals surface area contributed by atoms with Crippen molar-refractivity contribution in [1.82, 2.24) is 13.9 Å². The van der Waals surface area contributed by atoms with Gasteiger partial charge in [0.15, 0.2) is 0 Å². The Morgan fingerprint density at radius 1 is 1.22 bits per heavy atom. The van der Waals surface area contributed by atoms with E-state index in [1.807, 2.05) is 6.92 Å². The summed E-state index contributed by atoms with van der Waals surface area (Å²) in [6.07, 6.45) is 3.22. The molecule has 2 atom stereocenters. The third-order valence-electron chi connectivity index (χ3n) is 4.20. The third-order valence-corrected chi connectivity index (χ3v) is 6.32. The van der Waals surface area contributed by atoms with Crippen molar-refractivity contribution in [3.05, 3.63) is 0 Å². The van der Waals surface area contributed by atoms with Crippen molar-refractivity contribution in [3.63, 3.8) is 0 Å². The van der Waals surface area contributed by atoms with Gasteiger partial charge in [-0.25, -0.2) is 0 Å². The number of piperazine rings is 1. The number of nitrogens with zero attached hydrogens (tertiary/aromatic N) is 2. The molecule has 2 heterocycles. The first-order valence-electron chi connectivity index (χ1n) is 7.03. The zero-order valence-corrected chi connectivity index (χ0v) is 12.2. The zero-order chi connectivity index (χ0) is 13.2. The highest BCUT2D eigenvalue weighted by Crippen LogP contribution is 2.27. The molecular weight excluding hydrogens is 250 g/mol. The molecule has 0 aliphatic carbocycles.